The number of amides is 1. The molecular weight excluding hydrogens is 380 g/mol. The molecule has 1 aromatic carbocycles. The van der Waals surface area contributed by atoms with Gasteiger partial charge in [0.05, 0.1) is 6.54 Å². The maximum Gasteiger partial charge on any atom is 0.271 e. The lowest BCUT2D eigenvalue weighted by Crippen LogP contribution is -2.45. The molecule has 2 aromatic rings. The first-order chi connectivity index (χ1) is 14.5. The van der Waals surface area contributed by atoms with Crippen LogP contribution in [0.5, 0.6) is 5.75 Å². The van der Waals surface area contributed by atoms with E-state index in [4.69, 9.17) is 4.74 Å². The van der Waals surface area contributed by atoms with Crippen LogP contribution in [0.15, 0.2) is 58.9 Å². The van der Waals surface area contributed by atoms with Gasteiger partial charge in [0.25, 0.3) is 11.5 Å². The number of ether oxygens (including phenoxy) is 1. The van der Waals surface area contributed by atoms with Crippen LogP contribution < -0.4 is 15.6 Å². The van der Waals surface area contributed by atoms with Crippen molar-refractivity contribution >= 4 is 5.91 Å². The molecule has 7 heteroatoms. The number of likely N-dealkylation sites (tertiary alicyclic amines) is 1. The molecule has 1 N–H and O–H groups in total. The van der Waals surface area contributed by atoms with Gasteiger partial charge in [-0.2, -0.15) is 5.10 Å². The van der Waals surface area contributed by atoms with E-state index in [-0.39, 0.29) is 29.7 Å². The van der Waals surface area contributed by atoms with Crippen molar-refractivity contribution in [3.63, 3.8) is 0 Å². The van der Waals surface area contributed by atoms with Crippen molar-refractivity contribution in [2.75, 3.05) is 26.2 Å². The number of nitrogens with zero attached hydrogens (tertiary/aromatic N) is 3. The van der Waals surface area contributed by atoms with Crippen molar-refractivity contribution in [3.05, 3.63) is 70.2 Å². The van der Waals surface area contributed by atoms with Gasteiger partial charge in [-0.15, -0.1) is 0 Å². The number of hydrogen-bond acceptors (Lipinski definition) is 5. The first-order valence-corrected chi connectivity index (χ1v) is 10.4. The summed E-state index contributed by atoms with van der Waals surface area (Å²) in [5, 5.41) is 7.29. The van der Waals surface area contributed by atoms with E-state index in [1.807, 2.05) is 30.3 Å². The SMILES string of the molecule is CC(C)=CCN1CCC(NC(=O)c2ccc(=O)n(CCOc3ccccc3)n2)CC1. The molecule has 2 heterocycles. The number of hydrogen-bond donors (Lipinski definition) is 1. The first kappa shape index (κ1) is 21.8. The number of piperidine rings is 1. The largest absolute Gasteiger partial charge is 0.492 e. The first-order valence-electron chi connectivity index (χ1n) is 10.4. The topological polar surface area (TPSA) is 76.5 Å². The average molecular weight is 411 g/mol. The van der Waals surface area contributed by atoms with Crippen LogP contribution in [0.25, 0.3) is 0 Å². The van der Waals surface area contributed by atoms with Crippen molar-refractivity contribution in [2.45, 2.75) is 39.3 Å². The van der Waals surface area contributed by atoms with Crippen molar-refractivity contribution in [2.24, 2.45) is 0 Å². The maximum absolute atomic E-state index is 12.6. The van der Waals surface area contributed by atoms with Gasteiger partial charge in [0.15, 0.2) is 0 Å². The van der Waals surface area contributed by atoms with Crippen LogP contribution in [-0.4, -0.2) is 52.9 Å². The highest BCUT2D eigenvalue weighted by atomic mass is 16.5. The predicted octanol–water partition coefficient (Wildman–Crippen LogP) is 2.48. The molecule has 0 spiro atoms. The van der Waals surface area contributed by atoms with Gasteiger partial charge in [-0.3, -0.25) is 14.5 Å². The molecule has 1 aliphatic heterocycles. The summed E-state index contributed by atoms with van der Waals surface area (Å²) in [7, 11) is 0. The Morgan fingerprint density at radius 1 is 1.17 bits per heavy atom. The zero-order valence-electron chi connectivity index (χ0n) is 17.7. The van der Waals surface area contributed by atoms with E-state index in [2.05, 4.69) is 35.2 Å². The molecule has 0 unspecified atom stereocenters. The molecule has 0 atom stereocenters. The van der Waals surface area contributed by atoms with Crippen molar-refractivity contribution in [1.82, 2.24) is 20.0 Å². The third-order valence-corrected chi connectivity index (χ3v) is 5.09. The van der Waals surface area contributed by atoms with E-state index in [0.717, 1.165) is 38.2 Å². The molecule has 1 fully saturated rings. The monoisotopic (exact) mass is 410 g/mol. The summed E-state index contributed by atoms with van der Waals surface area (Å²) >= 11 is 0. The van der Waals surface area contributed by atoms with Gasteiger partial charge in [0.1, 0.15) is 18.1 Å². The Balaban J connectivity index is 1.51. The van der Waals surface area contributed by atoms with Crippen LogP contribution >= 0.6 is 0 Å². The molecule has 1 saturated heterocycles. The molecule has 0 saturated carbocycles. The van der Waals surface area contributed by atoms with Crippen LogP contribution in [0.2, 0.25) is 0 Å². The molecule has 160 valence electrons. The Bertz CT molecular complexity index is 912. The third kappa shape index (κ3) is 6.56. The normalized spacial score (nSPS) is 14.9. The summed E-state index contributed by atoms with van der Waals surface area (Å²) < 4.78 is 6.90. The van der Waals surface area contributed by atoms with E-state index in [0.29, 0.717) is 6.61 Å². The zero-order valence-corrected chi connectivity index (χ0v) is 17.7. The second kappa shape index (κ2) is 10.7. The van der Waals surface area contributed by atoms with Crippen LogP contribution in [0.4, 0.5) is 0 Å². The number of nitrogens with one attached hydrogen (secondary N) is 1. The zero-order chi connectivity index (χ0) is 21.3. The summed E-state index contributed by atoms with van der Waals surface area (Å²) in [6, 6.07) is 12.4. The van der Waals surface area contributed by atoms with E-state index in [9.17, 15) is 9.59 Å². The summed E-state index contributed by atoms with van der Waals surface area (Å²) in [5.41, 5.74) is 1.32. The quantitative estimate of drug-likeness (QED) is 0.677. The summed E-state index contributed by atoms with van der Waals surface area (Å²) in [4.78, 5) is 27.1. The minimum atomic E-state index is -0.254. The summed E-state index contributed by atoms with van der Waals surface area (Å²) in [6.45, 7) is 7.65. The van der Waals surface area contributed by atoms with Crippen LogP contribution in [-0.2, 0) is 6.54 Å². The Kier molecular flexibility index (Phi) is 7.79. The third-order valence-electron chi connectivity index (χ3n) is 5.09. The van der Waals surface area contributed by atoms with Gasteiger partial charge >= 0.3 is 0 Å². The molecule has 7 nitrogen and oxygen atoms in total. The minimum absolute atomic E-state index is 0.129. The number of carbonyl (C=O) groups is 1. The Morgan fingerprint density at radius 3 is 2.60 bits per heavy atom. The highest BCUT2D eigenvalue weighted by Crippen LogP contribution is 2.11. The number of rotatable bonds is 8. The Hall–Kier alpha value is -2.93. The van der Waals surface area contributed by atoms with Gasteiger partial charge < -0.3 is 10.1 Å². The van der Waals surface area contributed by atoms with Crippen molar-refractivity contribution in [1.29, 1.82) is 0 Å². The molecule has 0 radical (unpaired) electrons. The standard InChI is InChI=1S/C23H30N4O3/c1-18(2)10-13-26-14-11-19(12-15-26)24-23(29)21-8-9-22(28)27(25-21)16-17-30-20-6-4-3-5-7-20/h3-10,19H,11-17H2,1-2H3,(H,24,29). The molecule has 30 heavy (non-hydrogen) atoms. The van der Waals surface area contributed by atoms with Gasteiger partial charge in [0, 0.05) is 31.7 Å². The van der Waals surface area contributed by atoms with Crippen LogP contribution in [0.3, 0.4) is 0 Å². The molecule has 1 amide bonds. The van der Waals surface area contributed by atoms with E-state index in [1.165, 1.54) is 22.4 Å². The van der Waals surface area contributed by atoms with Gasteiger partial charge in [-0.1, -0.05) is 29.8 Å². The summed E-state index contributed by atoms with van der Waals surface area (Å²) in [5.74, 6) is 0.492. The van der Waals surface area contributed by atoms with E-state index >= 15 is 0 Å². The van der Waals surface area contributed by atoms with Crippen LogP contribution in [0, 0.1) is 0 Å². The fourth-order valence-electron chi connectivity index (χ4n) is 3.33. The lowest BCUT2D eigenvalue weighted by molar-refractivity contribution is 0.0906. The lowest BCUT2D eigenvalue weighted by atomic mass is 10.0. The Morgan fingerprint density at radius 2 is 1.90 bits per heavy atom. The maximum atomic E-state index is 12.6. The highest BCUT2D eigenvalue weighted by molar-refractivity contribution is 5.92. The van der Waals surface area contributed by atoms with Crippen molar-refractivity contribution in [3.8, 4) is 5.75 Å². The number of benzene rings is 1. The van der Waals surface area contributed by atoms with E-state index in [1.54, 1.807) is 0 Å². The minimum Gasteiger partial charge on any atom is -0.492 e. The summed E-state index contributed by atoms with van der Waals surface area (Å²) in [6.07, 6.45) is 4.05. The molecular formula is C23H30N4O3. The fraction of sp³-hybridized carbons (Fsp3) is 0.435. The second-order valence-electron chi connectivity index (χ2n) is 7.77. The number of allylic oxidation sites excluding steroid dienone is 1. The predicted molar refractivity (Wildman–Crippen MR) is 117 cm³/mol. The molecule has 1 aliphatic rings. The van der Waals surface area contributed by atoms with Gasteiger partial charge in [0.2, 0.25) is 0 Å². The fourth-order valence-corrected chi connectivity index (χ4v) is 3.33. The second-order valence-corrected chi connectivity index (χ2v) is 7.77. The Labute approximate surface area is 177 Å². The lowest BCUT2D eigenvalue weighted by Gasteiger charge is -2.31. The van der Waals surface area contributed by atoms with Crippen LogP contribution in [0.1, 0.15) is 37.2 Å². The smallest absolute Gasteiger partial charge is 0.271 e. The number of carbonyl (C=O) groups excluding carboxylic acids is 1. The molecule has 1 aromatic heterocycles. The molecule has 0 aliphatic carbocycles. The average Bonchev–Trinajstić information content (AvgIpc) is 2.75. The van der Waals surface area contributed by atoms with Gasteiger partial charge in [-0.25, -0.2) is 4.68 Å². The molecule has 3 rings (SSSR count). The highest BCUT2D eigenvalue weighted by Gasteiger charge is 2.21. The number of aromatic nitrogens is 2. The van der Waals surface area contributed by atoms with E-state index < -0.39 is 0 Å². The number of para-hydroxylation sites is 1. The van der Waals surface area contributed by atoms with Gasteiger partial charge in [-0.05, 0) is 44.9 Å². The molecule has 0 bridgehead atoms. The van der Waals surface area contributed by atoms with Crippen molar-refractivity contribution < 1.29 is 9.53 Å².